The molecular formula is C16H23N3O. The minimum Gasteiger partial charge on any atom is -0.399 e. The van der Waals surface area contributed by atoms with Crippen LogP contribution in [0.5, 0.6) is 0 Å². The molecule has 1 aliphatic heterocycles. The maximum atomic E-state index is 11.7. The number of piperidine rings is 1. The Kier molecular flexibility index (Phi) is 5.62. The summed E-state index contributed by atoms with van der Waals surface area (Å²) >= 11 is 0. The second-order valence-corrected chi connectivity index (χ2v) is 5.19. The Hall–Kier alpha value is -1.81. The van der Waals surface area contributed by atoms with Crippen LogP contribution in [0.15, 0.2) is 30.3 Å². The summed E-state index contributed by atoms with van der Waals surface area (Å²) in [6.07, 6.45) is 7.28. The smallest absolute Gasteiger partial charge is 0.244 e. The Morgan fingerprint density at radius 3 is 2.60 bits per heavy atom. The molecule has 0 atom stereocenters. The molecule has 1 saturated heterocycles. The summed E-state index contributed by atoms with van der Waals surface area (Å²) in [7, 11) is 0. The summed E-state index contributed by atoms with van der Waals surface area (Å²) < 4.78 is 0. The van der Waals surface area contributed by atoms with Gasteiger partial charge in [-0.2, -0.15) is 0 Å². The SMILES string of the molecule is Nc1ccc(/C=C/C(=O)NCCN2CCCCC2)cc1. The van der Waals surface area contributed by atoms with E-state index >= 15 is 0 Å². The lowest BCUT2D eigenvalue weighted by atomic mass is 10.1. The molecule has 20 heavy (non-hydrogen) atoms. The van der Waals surface area contributed by atoms with Gasteiger partial charge >= 0.3 is 0 Å². The number of rotatable bonds is 5. The lowest BCUT2D eigenvalue weighted by molar-refractivity contribution is -0.116. The van der Waals surface area contributed by atoms with E-state index in [4.69, 9.17) is 5.73 Å². The van der Waals surface area contributed by atoms with Gasteiger partial charge in [0.25, 0.3) is 0 Å². The van der Waals surface area contributed by atoms with Gasteiger partial charge in [-0.3, -0.25) is 4.79 Å². The van der Waals surface area contributed by atoms with Gasteiger partial charge in [0, 0.05) is 24.9 Å². The Labute approximate surface area is 120 Å². The van der Waals surface area contributed by atoms with Crippen LogP contribution in [0.25, 0.3) is 6.08 Å². The number of nitrogens with two attached hydrogens (primary N) is 1. The molecule has 1 fully saturated rings. The number of carbonyl (C=O) groups excluding carboxylic acids is 1. The molecule has 3 N–H and O–H groups in total. The van der Waals surface area contributed by atoms with Crippen LogP contribution >= 0.6 is 0 Å². The number of likely N-dealkylation sites (tertiary alicyclic amines) is 1. The molecule has 0 bridgehead atoms. The largest absolute Gasteiger partial charge is 0.399 e. The van der Waals surface area contributed by atoms with Crippen LogP contribution in [-0.4, -0.2) is 37.0 Å². The summed E-state index contributed by atoms with van der Waals surface area (Å²) in [5.74, 6) is -0.0427. The third kappa shape index (κ3) is 5.05. The zero-order valence-corrected chi connectivity index (χ0v) is 11.8. The highest BCUT2D eigenvalue weighted by atomic mass is 16.1. The summed E-state index contributed by atoms with van der Waals surface area (Å²) in [6, 6.07) is 7.45. The second-order valence-electron chi connectivity index (χ2n) is 5.19. The number of hydrogen-bond donors (Lipinski definition) is 2. The van der Waals surface area contributed by atoms with Gasteiger partial charge in [0.1, 0.15) is 0 Å². The first-order valence-electron chi connectivity index (χ1n) is 7.28. The summed E-state index contributed by atoms with van der Waals surface area (Å²) in [5, 5.41) is 2.92. The number of hydrogen-bond acceptors (Lipinski definition) is 3. The van der Waals surface area contributed by atoms with Crippen molar-refractivity contribution in [1.82, 2.24) is 10.2 Å². The van der Waals surface area contributed by atoms with Gasteiger partial charge < -0.3 is 16.0 Å². The van der Waals surface area contributed by atoms with Crippen molar-refractivity contribution in [3.05, 3.63) is 35.9 Å². The average Bonchev–Trinajstić information content (AvgIpc) is 2.48. The van der Waals surface area contributed by atoms with E-state index in [1.807, 2.05) is 24.3 Å². The highest BCUT2D eigenvalue weighted by Gasteiger charge is 2.09. The summed E-state index contributed by atoms with van der Waals surface area (Å²) in [5.41, 5.74) is 7.32. The molecule has 0 unspecified atom stereocenters. The van der Waals surface area contributed by atoms with Crippen molar-refractivity contribution in [3.63, 3.8) is 0 Å². The van der Waals surface area contributed by atoms with E-state index in [2.05, 4.69) is 10.2 Å². The molecule has 0 radical (unpaired) electrons. The van der Waals surface area contributed by atoms with Gasteiger partial charge in [-0.25, -0.2) is 0 Å². The number of nitrogen functional groups attached to an aromatic ring is 1. The molecule has 2 rings (SSSR count). The zero-order valence-electron chi connectivity index (χ0n) is 11.8. The fourth-order valence-electron chi connectivity index (χ4n) is 2.36. The number of carbonyl (C=O) groups is 1. The molecule has 1 aromatic carbocycles. The van der Waals surface area contributed by atoms with Gasteiger partial charge in [-0.1, -0.05) is 18.6 Å². The van der Waals surface area contributed by atoms with Crippen molar-refractivity contribution in [2.45, 2.75) is 19.3 Å². The normalized spacial score (nSPS) is 16.4. The van der Waals surface area contributed by atoms with Crippen LogP contribution in [-0.2, 0) is 4.79 Å². The Balaban J connectivity index is 1.68. The molecule has 1 heterocycles. The first-order valence-corrected chi connectivity index (χ1v) is 7.28. The molecular weight excluding hydrogens is 250 g/mol. The van der Waals surface area contributed by atoms with Crippen molar-refractivity contribution < 1.29 is 4.79 Å². The van der Waals surface area contributed by atoms with Crippen LogP contribution < -0.4 is 11.1 Å². The molecule has 0 saturated carbocycles. The molecule has 0 aliphatic carbocycles. The van der Waals surface area contributed by atoms with Gasteiger partial charge in [-0.05, 0) is 49.7 Å². The molecule has 0 spiro atoms. The van der Waals surface area contributed by atoms with Crippen LogP contribution in [0.3, 0.4) is 0 Å². The Morgan fingerprint density at radius 1 is 1.20 bits per heavy atom. The highest BCUT2D eigenvalue weighted by molar-refractivity contribution is 5.91. The zero-order chi connectivity index (χ0) is 14.2. The first kappa shape index (κ1) is 14.6. The van der Waals surface area contributed by atoms with Gasteiger partial charge in [0.2, 0.25) is 5.91 Å². The topological polar surface area (TPSA) is 58.4 Å². The fraction of sp³-hybridized carbons (Fsp3) is 0.438. The predicted octanol–water partition coefficient (Wildman–Crippen LogP) is 1.88. The molecule has 0 aromatic heterocycles. The molecule has 4 heteroatoms. The second kappa shape index (κ2) is 7.70. The van der Waals surface area contributed by atoms with Crippen molar-refractivity contribution in [2.75, 3.05) is 31.9 Å². The fourth-order valence-corrected chi connectivity index (χ4v) is 2.36. The average molecular weight is 273 g/mol. The molecule has 1 amide bonds. The Morgan fingerprint density at radius 2 is 1.90 bits per heavy atom. The summed E-state index contributed by atoms with van der Waals surface area (Å²) in [4.78, 5) is 14.1. The van der Waals surface area contributed by atoms with E-state index < -0.39 is 0 Å². The van der Waals surface area contributed by atoms with Gasteiger partial charge in [-0.15, -0.1) is 0 Å². The van der Waals surface area contributed by atoms with Gasteiger partial charge in [0.15, 0.2) is 0 Å². The van der Waals surface area contributed by atoms with Crippen LogP contribution in [0.2, 0.25) is 0 Å². The number of benzene rings is 1. The van der Waals surface area contributed by atoms with E-state index in [9.17, 15) is 4.79 Å². The molecule has 108 valence electrons. The third-order valence-corrected chi connectivity index (χ3v) is 3.54. The van der Waals surface area contributed by atoms with Crippen LogP contribution in [0.1, 0.15) is 24.8 Å². The number of nitrogens with one attached hydrogen (secondary N) is 1. The third-order valence-electron chi connectivity index (χ3n) is 3.54. The highest BCUT2D eigenvalue weighted by Crippen LogP contribution is 2.08. The van der Waals surface area contributed by atoms with Crippen molar-refractivity contribution in [2.24, 2.45) is 0 Å². The maximum absolute atomic E-state index is 11.7. The van der Waals surface area contributed by atoms with Crippen LogP contribution in [0.4, 0.5) is 5.69 Å². The minimum atomic E-state index is -0.0427. The number of anilines is 1. The Bertz CT molecular complexity index is 447. The molecule has 4 nitrogen and oxygen atoms in total. The minimum absolute atomic E-state index is 0.0427. The van der Waals surface area contributed by atoms with Crippen molar-refractivity contribution in [3.8, 4) is 0 Å². The molecule has 1 aliphatic rings. The monoisotopic (exact) mass is 273 g/mol. The first-order chi connectivity index (χ1) is 9.74. The predicted molar refractivity (Wildman–Crippen MR) is 83.2 cm³/mol. The lowest BCUT2D eigenvalue weighted by Gasteiger charge is -2.26. The number of nitrogens with zero attached hydrogens (tertiary/aromatic N) is 1. The lowest BCUT2D eigenvalue weighted by Crippen LogP contribution is -2.37. The molecule has 1 aromatic rings. The van der Waals surface area contributed by atoms with E-state index in [0.717, 1.165) is 30.9 Å². The quantitative estimate of drug-likeness (QED) is 0.636. The standard InChI is InChI=1S/C16H23N3O/c17-15-7-4-14(5-8-15)6-9-16(20)18-10-13-19-11-2-1-3-12-19/h4-9H,1-3,10-13,17H2,(H,18,20)/b9-6+. The van der Waals surface area contributed by atoms with E-state index in [0.29, 0.717) is 6.54 Å². The maximum Gasteiger partial charge on any atom is 0.244 e. The summed E-state index contributed by atoms with van der Waals surface area (Å²) in [6.45, 7) is 3.99. The van der Waals surface area contributed by atoms with Crippen LogP contribution in [0, 0.1) is 0 Å². The van der Waals surface area contributed by atoms with E-state index in [1.165, 1.54) is 19.3 Å². The van der Waals surface area contributed by atoms with E-state index in [-0.39, 0.29) is 5.91 Å². The van der Waals surface area contributed by atoms with Crippen molar-refractivity contribution >= 4 is 17.7 Å². The van der Waals surface area contributed by atoms with Crippen molar-refractivity contribution in [1.29, 1.82) is 0 Å². The number of amides is 1. The van der Waals surface area contributed by atoms with E-state index in [1.54, 1.807) is 12.2 Å². The van der Waals surface area contributed by atoms with Gasteiger partial charge in [0.05, 0.1) is 0 Å².